The van der Waals surface area contributed by atoms with E-state index in [-0.39, 0.29) is 0 Å². The molecule has 0 aromatic heterocycles. The van der Waals surface area contributed by atoms with E-state index in [0.29, 0.717) is 52.1 Å². The van der Waals surface area contributed by atoms with Gasteiger partial charge in [0.15, 0.2) is 10.8 Å². The van der Waals surface area contributed by atoms with Crippen molar-refractivity contribution in [1.82, 2.24) is 0 Å². The molecular weight excluding hydrogens is 396 g/mol. The van der Waals surface area contributed by atoms with Gasteiger partial charge in [-0.25, -0.2) is 0 Å². The van der Waals surface area contributed by atoms with Gasteiger partial charge in [0.2, 0.25) is 0 Å². The first kappa shape index (κ1) is 25.9. The van der Waals surface area contributed by atoms with Crippen molar-refractivity contribution in [2.24, 2.45) is 10.8 Å². The highest BCUT2D eigenvalue weighted by Gasteiger charge is 2.50. The number of hydrogen-bond donors (Lipinski definition) is 0. The Morgan fingerprint density at radius 1 is 0.667 bits per heavy atom. The first-order valence-electron chi connectivity index (χ1n) is 10.4. The third-order valence-corrected chi connectivity index (χ3v) is 5.54. The summed E-state index contributed by atoms with van der Waals surface area (Å²) in [6.07, 6.45) is 4.61. The fourth-order valence-corrected chi connectivity index (χ4v) is 3.79. The van der Waals surface area contributed by atoms with Crippen LogP contribution in [0.3, 0.4) is 0 Å². The minimum absolute atomic E-state index is 0.306. The smallest absolute Gasteiger partial charge is 0.323 e. The predicted octanol–water partition coefficient (Wildman–Crippen LogP) is 2.19. The van der Waals surface area contributed by atoms with Crippen molar-refractivity contribution < 1.29 is 42.9 Å². The lowest BCUT2D eigenvalue weighted by molar-refractivity contribution is -0.177. The maximum Gasteiger partial charge on any atom is 0.323 e. The lowest BCUT2D eigenvalue weighted by Crippen LogP contribution is -2.45. The van der Waals surface area contributed by atoms with E-state index in [1.165, 1.54) is 14.2 Å². The molecule has 2 rings (SSSR count). The zero-order valence-electron chi connectivity index (χ0n) is 18.5. The molecule has 0 bridgehead atoms. The van der Waals surface area contributed by atoms with Gasteiger partial charge in [0.05, 0.1) is 27.4 Å². The van der Waals surface area contributed by atoms with Crippen LogP contribution in [0.1, 0.15) is 58.8 Å². The number of esters is 4. The van der Waals surface area contributed by atoms with Crippen LogP contribution in [-0.2, 0) is 42.9 Å². The van der Waals surface area contributed by atoms with Crippen LogP contribution in [0.5, 0.6) is 0 Å². The van der Waals surface area contributed by atoms with Gasteiger partial charge < -0.3 is 23.7 Å². The van der Waals surface area contributed by atoms with Crippen LogP contribution in [0.15, 0.2) is 0 Å². The molecule has 9 heteroatoms. The van der Waals surface area contributed by atoms with Gasteiger partial charge in [0.25, 0.3) is 0 Å². The fourth-order valence-electron chi connectivity index (χ4n) is 3.79. The van der Waals surface area contributed by atoms with Crippen molar-refractivity contribution in [2.45, 2.75) is 58.8 Å². The van der Waals surface area contributed by atoms with Crippen LogP contribution in [0.2, 0.25) is 0 Å². The summed E-state index contributed by atoms with van der Waals surface area (Å²) in [7, 11) is 2.53. The number of carbonyl (C=O) groups is 4. The molecule has 0 atom stereocenters. The van der Waals surface area contributed by atoms with Crippen LogP contribution in [-0.4, -0.2) is 64.5 Å². The third kappa shape index (κ3) is 5.93. The van der Waals surface area contributed by atoms with Gasteiger partial charge in [-0.05, 0) is 39.5 Å². The SMILES string of the molecule is CCOC(=O)C1(C(=O)OCC)CCCCC1.COC(=O)C1(C(=O)OC)CCOCC1. The Balaban J connectivity index is 0.000000303. The van der Waals surface area contributed by atoms with Crippen molar-refractivity contribution in [3.05, 3.63) is 0 Å². The maximum atomic E-state index is 11.9. The summed E-state index contributed by atoms with van der Waals surface area (Å²) in [5.74, 6) is -1.89. The van der Waals surface area contributed by atoms with Crippen LogP contribution in [0.25, 0.3) is 0 Å². The van der Waals surface area contributed by atoms with Crippen molar-refractivity contribution >= 4 is 23.9 Å². The van der Waals surface area contributed by atoms with Gasteiger partial charge in [0.1, 0.15) is 0 Å². The number of ether oxygens (including phenoxy) is 5. The van der Waals surface area contributed by atoms with E-state index in [4.69, 9.17) is 14.2 Å². The van der Waals surface area contributed by atoms with Gasteiger partial charge in [-0.1, -0.05) is 19.3 Å². The monoisotopic (exact) mass is 430 g/mol. The molecule has 1 aliphatic carbocycles. The molecule has 2 aliphatic rings. The number of hydrogen-bond acceptors (Lipinski definition) is 9. The maximum absolute atomic E-state index is 11.9. The summed E-state index contributed by atoms with van der Waals surface area (Å²) in [5.41, 5.74) is -2.17. The van der Waals surface area contributed by atoms with Crippen LogP contribution >= 0.6 is 0 Å². The Kier molecular flexibility index (Phi) is 10.8. The van der Waals surface area contributed by atoms with Crippen molar-refractivity contribution in [3.63, 3.8) is 0 Å². The lowest BCUT2D eigenvalue weighted by atomic mass is 9.74. The van der Waals surface area contributed by atoms with E-state index in [0.717, 1.165) is 19.3 Å². The number of methoxy groups -OCH3 is 2. The topological polar surface area (TPSA) is 114 Å². The molecule has 9 nitrogen and oxygen atoms in total. The van der Waals surface area contributed by atoms with E-state index in [2.05, 4.69) is 9.47 Å². The molecule has 0 aromatic rings. The highest BCUT2D eigenvalue weighted by Crippen LogP contribution is 2.38. The normalized spacial score (nSPS) is 19.3. The average molecular weight is 430 g/mol. The molecule has 0 aromatic carbocycles. The Morgan fingerprint density at radius 3 is 1.43 bits per heavy atom. The van der Waals surface area contributed by atoms with E-state index in [9.17, 15) is 19.2 Å². The molecule has 1 saturated carbocycles. The zero-order chi connectivity index (χ0) is 22.6. The molecule has 30 heavy (non-hydrogen) atoms. The molecule has 0 amide bonds. The Morgan fingerprint density at radius 2 is 1.07 bits per heavy atom. The van der Waals surface area contributed by atoms with Crippen molar-refractivity contribution in [3.8, 4) is 0 Å². The Labute approximate surface area is 177 Å². The standard InChI is InChI=1S/C12H20O4.C9H14O5/c1-3-15-10(13)12(11(14)16-4-2)8-6-5-7-9-12;1-12-7(10)9(8(11)13-2)3-5-14-6-4-9/h3-9H2,1-2H3;3-6H2,1-2H3. The van der Waals surface area contributed by atoms with Gasteiger partial charge in [-0.15, -0.1) is 0 Å². The number of carbonyl (C=O) groups excluding carboxylic acids is 4. The summed E-state index contributed by atoms with van der Waals surface area (Å²) >= 11 is 0. The average Bonchev–Trinajstić information content (AvgIpc) is 2.79. The largest absolute Gasteiger partial charge is 0.468 e. The van der Waals surface area contributed by atoms with Gasteiger partial charge in [-0.3, -0.25) is 19.2 Å². The molecule has 1 aliphatic heterocycles. The van der Waals surface area contributed by atoms with Gasteiger partial charge >= 0.3 is 23.9 Å². The molecular formula is C21H34O9. The molecule has 0 N–H and O–H groups in total. The van der Waals surface area contributed by atoms with Crippen LogP contribution in [0, 0.1) is 10.8 Å². The number of rotatable bonds is 6. The minimum Gasteiger partial charge on any atom is -0.468 e. The van der Waals surface area contributed by atoms with Gasteiger partial charge in [0, 0.05) is 13.2 Å². The molecule has 1 saturated heterocycles. The third-order valence-electron chi connectivity index (χ3n) is 5.54. The molecule has 0 unspecified atom stereocenters. The van der Waals surface area contributed by atoms with Crippen LogP contribution in [0.4, 0.5) is 0 Å². The Bertz CT molecular complexity index is 549. The quantitative estimate of drug-likeness (QED) is 0.355. The fraction of sp³-hybridized carbons (Fsp3) is 0.810. The highest BCUT2D eigenvalue weighted by atomic mass is 16.6. The highest BCUT2D eigenvalue weighted by molar-refractivity contribution is 6.00. The second-order valence-corrected chi connectivity index (χ2v) is 7.26. The first-order valence-corrected chi connectivity index (χ1v) is 10.4. The van der Waals surface area contributed by atoms with E-state index in [1.54, 1.807) is 13.8 Å². The summed E-state index contributed by atoms with van der Waals surface area (Å²) in [4.78, 5) is 46.8. The summed E-state index contributed by atoms with van der Waals surface area (Å²) in [6.45, 7) is 4.87. The lowest BCUT2D eigenvalue weighted by Gasteiger charge is -2.32. The summed E-state index contributed by atoms with van der Waals surface area (Å²) < 4.78 is 24.4. The molecule has 0 spiro atoms. The molecule has 0 radical (unpaired) electrons. The van der Waals surface area contributed by atoms with Crippen molar-refractivity contribution in [2.75, 3.05) is 40.6 Å². The summed E-state index contributed by atoms with van der Waals surface area (Å²) in [5, 5.41) is 0. The molecule has 2 fully saturated rings. The van der Waals surface area contributed by atoms with E-state index in [1.807, 2.05) is 0 Å². The second kappa shape index (κ2) is 12.5. The van der Waals surface area contributed by atoms with E-state index < -0.39 is 34.7 Å². The first-order chi connectivity index (χ1) is 14.3. The van der Waals surface area contributed by atoms with Gasteiger partial charge in [-0.2, -0.15) is 0 Å². The van der Waals surface area contributed by atoms with Crippen LogP contribution < -0.4 is 0 Å². The molecule has 1 heterocycles. The zero-order valence-corrected chi connectivity index (χ0v) is 18.5. The minimum atomic E-state index is -1.15. The summed E-state index contributed by atoms with van der Waals surface area (Å²) in [6, 6.07) is 0. The van der Waals surface area contributed by atoms with E-state index >= 15 is 0 Å². The van der Waals surface area contributed by atoms with Crippen molar-refractivity contribution in [1.29, 1.82) is 0 Å². The predicted molar refractivity (Wildman–Crippen MR) is 105 cm³/mol. The second-order valence-electron chi connectivity index (χ2n) is 7.26. The Hall–Kier alpha value is -2.16. The molecule has 172 valence electrons.